The Labute approximate surface area is 282 Å². The molecular weight excluding hydrogens is 601 g/mol. The van der Waals surface area contributed by atoms with Crippen LogP contribution in [0.25, 0.3) is 76.0 Å². The first-order valence-electron chi connectivity index (χ1n) is 16.4. The molecule has 9 aromatic rings. The molecule has 48 heavy (non-hydrogen) atoms. The highest BCUT2D eigenvalue weighted by Crippen LogP contribution is 2.52. The summed E-state index contributed by atoms with van der Waals surface area (Å²) in [6.45, 7) is 0. The maximum atomic E-state index is 5.20. The van der Waals surface area contributed by atoms with Gasteiger partial charge in [0.1, 0.15) is 0 Å². The number of nitrogens with zero attached hydrogens (tertiary/aromatic N) is 2. The van der Waals surface area contributed by atoms with Crippen LogP contribution in [0, 0.1) is 0 Å². The van der Waals surface area contributed by atoms with Crippen molar-refractivity contribution < 1.29 is 0 Å². The summed E-state index contributed by atoms with van der Waals surface area (Å²) >= 11 is 1.88. The van der Waals surface area contributed by atoms with E-state index in [4.69, 9.17) is 9.97 Å². The number of hydrogen-bond acceptors (Lipinski definition) is 3. The second kappa shape index (κ2) is 10.8. The molecule has 2 heterocycles. The molecule has 0 saturated heterocycles. The van der Waals surface area contributed by atoms with Gasteiger partial charge >= 0.3 is 0 Å². The minimum Gasteiger partial charge on any atom is -0.228 e. The zero-order chi connectivity index (χ0) is 31.6. The van der Waals surface area contributed by atoms with Crippen LogP contribution in [0.2, 0.25) is 0 Å². The molecule has 0 fully saturated rings. The molecule has 1 unspecified atom stereocenters. The summed E-state index contributed by atoms with van der Waals surface area (Å²) < 4.78 is 2.66. The highest BCUT2D eigenvalue weighted by atomic mass is 32.1. The van der Waals surface area contributed by atoms with Gasteiger partial charge in [-0.05, 0) is 75.3 Å². The standard InChI is InChI=1S/C45H28N2S/c1-3-12-28(13-4-1)30-22-23-34-36(25-30)37-27-42-38(33-18-8-10-21-41(33)48-42)26-39(37)43(34)31-16-11-17-32(24-31)45-46-40-20-9-7-19-35(40)44(47-45)29-14-5-2-6-15-29/h1-27,43H. The van der Waals surface area contributed by atoms with E-state index >= 15 is 0 Å². The summed E-state index contributed by atoms with van der Waals surface area (Å²) in [6, 6.07) is 59.0. The van der Waals surface area contributed by atoms with E-state index in [1.54, 1.807) is 0 Å². The molecule has 0 spiro atoms. The van der Waals surface area contributed by atoms with E-state index in [1.165, 1.54) is 59.1 Å². The molecule has 1 atom stereocenters. The largest absolute Gasteiger partial charge is 0.228 e. The summed E-state index contributed by atoms with van der Waals surface area (Å²) in [7, 11) is 0. The molecule has 1 aliphatic rings. The molecule has 0 aliphatic heterocycles. The molecule has 1 aliphatic carbocycles. The van der Waals surface area contributed by atoms with Crippen molar-refractivity contribution in [2.24, 2.45) is 0 Å². The van der Waals surface area contributed by atoms with Crippen molar-refractivity contribution in [1.82, 2.24) is 9.97 Å². The van der Waals surface area contributed by atoms with Gasteiger partial charge in [-0.15, -0.1) is 11.3 Å². The molecule has 0 bridgehead atoms. The molecule has 0 N–H and O–H groups in total. The van der Waals surface area contributed by atoms with E-state index in [-0.39, 0.29) is 5.92 Å². The molecule has 0 radical (unpaired) electrons. The van der Waals surface area contributed by atoms with Crippen LogP contribution in [0.1, 0.15) is 22.6 Å². The Morgan fingerprint density at radius 3 is 1.98 bits per heavy atom. The SMILES string of the molecule is c1ccc(-c2ccc3c(c2)-c2cc4sc5ccccc5c4cc2C3c2cccc(-c3nc(-c4ccccc4)c4ccccc4n3)c2)cc1. The van der Waals surface area contributed by atoms with Gasteiger partial charge in [-0.2, -0.15) is 0 Å². The molecule has 7 aromatic carbocycles. The Hall–Kier alpha value is -5.90. The monoisotopic (exact) mass is 628 g/mol. The third-order valence-corrected chi connectivity index (χ3v) is 10.9. The van der Waals surface area contributed by atoms with E-state index in [0.29, 0.717) is 0 Å². The molecule has 2 aromatic heterocycles. The average molecular weight is 629 g/mol. The Kier molecular flexibility index (Phi) is 6.15. The maximum Gasteiger partial charge on any atom is 0.160 e. The smallest absolute Gasteiger partial charge is 0.160 e. The Bertz CT molecular complexity index is 2670. The van der Waals surface area contributed by atoms with Crippen LogP contribution in [-0.2, 0) is 0 Å². The van der Waals surface area contributed by atoms with Gasteiger partial charge in [-0.25, -0.2) is 9.97 Å². The maximum absolute atomic E-state index is 5.20. The van der Waals surface area contributed by atoms with Crippen molar-refractivity contribution in [3.05, 3.63) is 180 Å². The minimum absolute atomic E-state index is 0.0943. The van der Waals surface area contributed by atoms with Crippen molar-refractivity contribution in [2.45, 2.75) is 5.92 Å². The van der Waals surface area contributed by atoms with Crippen LogP contribution in [0.4, 0.5) is 0 Å². The topological polar surface area (TPSA) is 25.8 Å². The second-order valence-corrected chi connectivity index (χ2v) is 13.6. The molecule has 224 valence electrons. The first kappa shape index (κ1) is 27.2. The molecule has 10 rings (SSSR count). The first-order valence-corrected chi connectivity index (χ1v) is 17.2. The lowest BCUT2D eigenvalue weighted by molar-refractivity contribution is 1.02. The quantitative estimate of drug-likeness (QED) is 0.194. The predicted molar refractivity (Wildman–Crippen MR) is 202 cm³/mol. The van der Waals surface area contributed by atoms with Gasteiger partial charge < -0.3 is 0 Å². The lowest BCUT2D eigenvalue weighted by Gasteiger charge is -2.16. The average Bonchev–Trinajstić information content (AvgIpc) is 3.68. The van der Waals surface area contributed by atoms with Crippen LogP contribution >= 0.6 is 11.3 Å². The van der Waals surface area contributed by atoms with E-state index in [2.05, 4.69) is 158 Å². The highest BCUT2D eigenvalue weighted by Gasteiger charge is 2.32. The summed E-state index contributed by atoms with van der Waals surface area (Å²) in [6.07, 6.45) is 0. The van der Waals surface area contributed by atoms with E-state index in [1.807, 2.05) is 17.4 Å². The number of rotatable bonds is 4. The van der Waals surface area contributed by atoms with Gasteiger partial charge in [0, 0.05) is 42.6 Å². The van der Waals surface area contributed by atoms with Gasteiger partial charge in [0.2, 0.25) is 0 Å². The Morgan fingerprint density at radius 1 is 0.417 bits per heavy atom. The van der Waals surface area contributed by atoms with Crippen molar-refractivity contribution in [2.75, 3.05) is 0 Å². The lowest BCUT2D eigenvalue weighted by atomic mass is 9.87. The number of hydrogen-bond donors (Lipinski definition) is 0. The Morgan fingerprint density at radius 2 is 1.12 bits per heavy atom. The molecule has 0 amide bonds. The zero-order valence-corrected chi connectivity index (χ0v) is 26.8. The van der Waals surface area contributed by atoms with Crippen LogP contribution in [0.3, 0.4) is 0 Å². The molecule has 2 nitrogen and oxygen atoms in total. The number of aromatic nitrogens is 2. The van der Waals surface area contributed by atoms with Gasteiger partial charge in [0.05, 0.1) is 11.2 Å². The van der Waals surface area contributed by atoms with Crippen molar-refractivity contribution in [3.8, 4) is 44.9 Å². The molecule has 0 saturated carbocycles. The number of thiophene rings is 1. The summed E-state index contributed by atoms with van der Waals surface area (Å²) in [4.78, 5) is 10.3. The first-order chi connectivity index (χ1) is 23.8. The van der Waals surface area contributed by atoms with Crippen molar-refractivity contribution in [3.63, 3.8) is 0 Å². The predicted octanol–water partition coefficient (Wildman–Crippen LogP) is 12.2. The normalized spacial score (nSPS) is 13.6. The van der Waals surface area contributed by atoms with E-state index in [9.17, 15) is 0 Å². The summed E-state index contributed by atoms with van der Waals surface area (Å²) in [5.74, 6) is 0.837. The van der Waals surface area contributed by atoms with Crippen LogP contribution < -0.4 is 0 Å². The van der Waals surface area contributed by atoms with E-state index < -0.39 is 0 Å². The minimum atomic E-state index is 0.0943. The van der Waals surface area contributed by atoms with Gasteiger partial charge in [0.15, 0.2) is 5.82 Å². The van der Waals surface area contributed by atoms with Crippen molar-refractivity contribution in [1.29, 1.82) is 0 Å². The fraction of sp³-hybridized carbons (Fsp3) is 0.0222. The van der Waals surface area contributed by atoms with Crippen LogP contribution in [0.5, 0.6) is 0 Å². The third-order valence-electron chi connectivity index (χ3n) is 9.75. The zero-order valence-electron chi connectivity index (χ0n) is 26.0. The van der Waals surface area contributed by atoms with Gasteiger partial charge in [-0.3, -0.25) is 0 Å². The molecule has 3 heteroatoms. The fourth-order valence-electron chi connectivity index (χ4n) is 7.52. The fourth-order valence-corrected chi connectivity index (χ4v) is 8.64. The van der Waals surface area contributed by atoms with Crippen molar-refractivity contribution >= 4 is 42.4 Å². The number of benzene rings is 7. The third kappa shape index (κ3) is 4.32. The second-order valence-electron chi connectivity index (χ2n) is 12.5. The highest BCUT2D eigenvalue weighted by molar-refractivity contribution is 7.25. The number of para-hydroxylation sites is 1. The molecular formula is C45H28N2S. The summed E-state index contributed by atoms with van der Waals surface area (Å²) in [5, 5.41) is 3.71. The Balaban J connectivity index is 1.18. The van der Waals surface area contributed by atoms with Crippen LogP contribution in [0.15, 0.2) is 164 Å². The van der Waals surface area contributed by atoms with Gasteiger partial charge in [0.25, 0.3) is 0 Å². The van der Waals surface area contributed by atoms with Gasteiger partial charge in [-0.1, -0.05) is 127 Å². The summed E-state index contributed by atoms with van der Waals surface area (Å²) in [5.41, 5.74) is 13.1. The lowest BCUT2D eigenvalue weighted by Crippen LogP contribution is -2.01. The number of fused-ring (bicyclic) bond motifs is 7. The van der Waals surface area contributed by atoms with E-state index in [0.717, 1.165) is 33.5 Å². The van der Waals surface area contributed by atoms with Crippen LogP contribution in [-0.4, -0.2) is 9.97 Å².